The van der Waals surface area contributed by atoms with E-state index in [1.54, 1.807) is 0 Å². The van der Waals surface area contributed by atoms with E-state index < -0.39 is 28.2 Å². The van der Waals surface area contributed by atoms with E-state index in [0.717, 1.165) is 31.5 Å². The number of nitrogen functional groups attached to an aromatic ring is 1. The Morgan fingerprint density at radius 2 is 1.84 bits per heavy atom. The minimum Gasteiger partial charge on any atom is -0.382 e. The molecule has 3 aliphatic rings. The SMILES string of the molecule is Cn1c(N2CCC3(CC2)Cc2ccccc2[C@H]3N)nc(N)c(Sc2cc(C(=O)N3CCOCC3)cnc2C(F)(F)F)c1=O. The molecule has 0 radical (unpaired) electrons. The molecule has 0 bridgehead atoms. The number of piperidine rings is 1. The first-order chi connectivity index (χ1) is 20.5. The number of hydrogen-bond donors (Lipinski definition) is 2. The van der Waals surface area contributed by atoms with Gasteiger partial charge in [0, 0.05) is 50.4 Å². The lowest BCUT2D eigenvalue weighted by Crippen LogP contribution is -2.46. The topological polar surface area (TPSA) is 133 Å². The minimum atomic E-state index is -4.82. The van der Waals surface area contributed by atoms with Crippen molar-refractivity contribution in [3.8, 4) is 0 Å². The van der Waals surface area contributed by atoms with Gasteiger partial charge < -0.3 is 26.0 Å². The number of pyridine rings is 1. The van der Waals surface area contributed by atoms with Crippen LogP contribution in [0.2, 0.25) is 0 Å². The fraction of sp³-hybridized carbons (Fsp3) is 0.448. The van der Waals surface area contributed by atoms with Crippen molar-refractivity contribution in [3.63, 3.8) is 0 Å². The van der Waals surface area contributed by atoms with Crippen molar-refractivity contribution in [2.45, 2.75) is 41.3 Å². The number of carbonyl (C=O) groups is 1. The molecule has 1 aromatic carbocycles. The summed E-state index contributed by atoms with van der Waals surface area (Å²) in [5, 5.41) is 0. The number of hydrogen-bond acceptors (Lipinski definition) is 9. The third-order valence-electron chi connectivity index (χ3n) is 8.76. The van der Waals surface area contributed by atoms with Gasteiger partial charge in [-0.15, -0.1) is 0 Å². The molecule has 2 saturated heterocycles. The van der Waals surface area contributed by atoms with E-state index in [1.165, 1.54) is 27.6 Å². The van der Waals surface area contributed by atoms with Crippen molar-refractivity contribution in [1.29, 1.82) is 0 Å². The molecule has 10 nitrogen and oxygen atoms in total. The van der Waals surface area contributed by atoms with Gasteiger partial charge in [0.25, 0.3) is 11.5 Å². The van der Waals surface area contributed by atoms with Crippen molar-refractivity contribution in [3.05, 3.63) is 69.3 Å². The van der Waals surface area contributed by atoms with Crippen molar-refractivity contribution in [1.82, 2.24) is 19.4 Å². The lowest BCUT2D eigenvalue weighted by atomic mass is 9.73. The molecule has 228 valence electrons. The molecule has 1 amide bonds. The molecule has 1 spiro atoms. The molecule has 14 heteroatoms. The van der Waals surface area contributed by atoms with Gasteiger partial charge in [0.2, 0.25) is 5.95 Å². The molecule has 0 saturated carbocycles. The van der Waals surface area contributed by atoms with Crippen LogP contribution in [0.1, 0.15) is 46.1 Å². The first kappa shape index (κ1) is 29.5. The van der Waals surface area contributed by atoms with E-state index in [9.17, 15) is 22.8 Å². The van der Waals surface area contributed by atoms with Crippen molar-refractivity contribution < 1.29 is 22.7 Å². The molecule has 43 heavy (non-hydrogen) atoms. The van der Waals surface area contributed by atoms with Crippen LogP contribution in [0.5, 0.6) is 0 Å². The summed E-state index contributed by atoms with van der Waals surface area (Å²) in [5.41, 5.74) is 13.5. The second-order valence-electron chi connectivity index (χ2n) is 11.3. The maximum absolute atomic E-state index is 13.9. The first-order valence-electron chi connectivity index (χ1n) is 14.1. The Morgan fingerprint density at radius 3 is 2.51 bits per heavy atom. The number of amides is 1. The van der Waals surface area contributed by atoms with Crippen LogP contribution in [0.15, 0.2) is 51.1 Å². The highest BCUT2D eigenvalue weighted by atomic mass is 32.2. The van der Waals surface area contributed by atoms with E-state index >= 15 is 0 Å². The van der Waals surface area contributed by atoms with Gasteiger partial charge in [-0.2, -0.15) is 18.2 Å². The number of aromatic nitrogens is 3. The fourth-order valence-corrected chi connectivity index (χ4v) is 7.38. The number of nitrogens with zero attached hydrogens (tertiary/aromatic N) is 5. The van der Waals surface area contributed by atoms with Crippen LogP contribution in [0.25, 0.3) is 0 Å². The zero-order valence-corrected chi connectivity index (χ0v) is 24.4. The second-order valence-corrected chi connectivity index (χ2v) is 12.3. The number of carbonyl (C=O) groups excluding carboxylic acids is 1. The third-order valence-corrected chi connectivity index (χ3v) is 9.88. The highest BCUT2D eigenvalue weighted by Gasteiger charge is 2.46. The van der Waals surface area contributed by atoms with E-state index in [-0.39, 0.29) is 27.7 Å². The lowest BCUT2D eigenvalue weighted by molar-refractivity contribution is -0.143. The standard InChI is InChI=1S/C29H32F3N7O3S/c1-37-26(41)21(43-20-14-18(16-35-23(20)29(30,31)32)25(40)38-10-12-42-13-11-38)24(34)36-27(37)39-8-6-28(7-9-39)15-17-4-2-3-5-19(17)22(28)33/h2-5,14,16,22H,6-13,15,33-34H2,1H3/t22-/m1/s1. The number of rotatable bonds is 4. The molecule has 0 unspecified atom stereocenters. The van der Waals surface area contributed by atoms with Crippen LogP contribution in [-0.4, -0.2) is 64.7 Å². The summed E-state index contributed by atoms with van der Waals surface area (Å²) in [6, 6.07) is 9.25. The number of nitrogens with two attached hydrogens (primary N) is 2. The minimum absolute atomic E-state index is 0.0214. The molecule has 2 aliphatic heterocycles. The molecule has 3 aromatic rings. The molecule has 1 atom stereocenters. The summed E-state index contributed by atoms with van der Waals surface area (Å²) >= 11 is 0.517. The molecule has 2 aromatic heterocycles. The predicted molar refractivity (Wildman–Crippen MR) is 155 cm³/mol. The van der Waals surface area contributed by atoms with Gasteiger partial charge >= 0.3 is 6.18 Å². The van der Waals surface area contributed by atoms with Gasteiger partial charge in [-0.25, -0.2) is 4.98 Å². The maximum atomic E-state index is 13.9. The number of halogens is 3. The summed E-state index contributed by atoms with van der Waals surface area (Å²) in [6.45, 7) is 2.51. The molecular formula is C29H32F3N7O3S. The Bertz CT molecular complexity index is 1620. The van der Waals surface area contributed by atoms with Gasteiger partial charge in [0.15, 0.2) is 5.69 Å². The van der Waals surface area contributed by atoms with Gasteiger partial charge in [-0.3, -0.25) is 14.2 Å². The zero-order chi connectivity index (χ0) is 30.5. The van der Waals surface area contributed by atoms with E-state index in [0.29, 0.717) is 57.1 Å². The highest BCUT2D eigenvalue weighted by Crippen LogP contribution is 2.51. The first-order valence-corrected chi connectivity index (χ1v) is 14.9. The van der Waals surface area contributed by atoms with Gasteiger partial charge in [0.05, 0.1) is 18.8 Å². The number of benzene rings is 1. The maximum Gasteiger partial charge on any atom is 0.434 e. The summed E-state index contributed by atoms with van der Waals surface area (Å²) < 4.78 is 48.4. The number of ether oxygens (including phenoxy) is 1. The Hall–Kier alpha value is -3.62. The molecule has 4 N–H and O–H groups in total. The Labute approximate surface area is 250 Å². The summed E-state index contributed by atoms with van der Waals surface area (Å²) in [5.74, 6) is -0.309. The average Bonchev–Trinajstić information content (AvgIpc) is 3.27. The van der Waals surface area contributed by atoms with Crippen LogP contribution < -0.4 is 21.9 Å². The quantitative estimate of drug-likeness (QED) is 0.454. The van der Waals surface area contributed by atoms with Gasteiger partial charge in [-0.05, 0) is 41.9 Å². The largest absolute Gasteiger partial charge is 0.434 e. The summed E-state index contributed by atoms with van der Waals surface area (Å²) in [7, 11) is 1.52. The van der Waals surface area contributed by atoms with Gasteiger partial charge in [-0.1, -0.05) is 36.0 Å². The Kier molecular flexibility index (Phi) is 7.63. The predicted octanol–water partition coefficient (Wildman–Crippen LogP) is 3.24. The number of alkyl halides is 3. The van der Waals surface area contributed by atoms with Crippen LogP contribution in [0, 0.1) is 5.41 Å². The third kappa shape index (κ3) is 5.36. The number of anilines is 2. The van der Waals surface area contributed by atoms with Gasteiger partial charge in [0.1, 0.15) is 10.7 Å². The molecule has 1 aliphatic carbocycles. The smallest absolute Gasteiger partial charge is 0.382 e. The second kappa shape index (κ2) is 11.1. The van der Waals surface area contributed by atoms with Crippen molar-refractivity contribution >= 4 is 29.4 Å². The monoisotopic (exact) mass is 615 g/mol. The summed E-state index contributed by atoms with van der Waals surface area (Å²) in [6.07, 6.45) is -1.43. The molecular weight excluding hydrogens is 583 g/mol. The lowest BCUT2D eigenvalue weighted by Gasteiger charge is -2.42. The van der Waals surface area contributed by atoms with Crippen LogP contribution in [0.4, 0.5) is 24.9 Å². The normalized spacial score (nSPS) is 20.0. The molecule has 2 fully saturated rings. The molecule has 4 heterocycles. The number of fused-ring (bicyclic) bond motifs is 1. The average molecular weight is 616 g/mol. The summed E-state index contributed by atoms with van der Waals surface area (Å²) in [4.78, 5) is 37.4. The van der Waals surface area contributed by atoms with Crippen molar-refractivity contribution in [2.75, 3.05) is 50.0 Å². The Balaban J connectivity index is 1.26. The van der Waals surface area contributed by atoms with E-state index in [1.807, 2.05) is 17.0 Å². The highest BCUT2D eigenvalue weighted by molar-refractivity contribution is 7.99. The van der Waals surface area contributed by atoms with Crippen LogP contribution >= 0.6 is 11.8 Å². The number of morpholine rings is 1. The zero-order valence-electron chi connectivity index (χ0n) is 23.6. The Morgan fingerprint density at radius 1 is 1.14 bits per heavy atom. The van der Waals surface area contributed by atoms with Crippen LogP contribution in [-0.2, 0) is 24.4 Å². The van der Waals surface area contributed by atoms with E-state index in [2.05, 4.69) is 22.1 Å². The molecule has 6 rings (SSSR count). The fourth-order valence-electron chi connectivity index (χ4n) is 6.33. The van der Waals surface area contributed by atoms with Crippen LogP contribution in [0.3, 0.4) is 0 Å². The van der Waals surface area contributed by atoms with E-state index in [4.69, 9.17) is 16.2 Å². The van der Waals surface area contributed by atoms with Crippen molar-refractivity contribution in [2.24, 2.45) is 18.2 Å².